The summed E-state index contributed by atoms with van der Waals surface area (Å²) in [4.78, 5) is 4.66. The summed E-state index contributed by atoms with van der Waals surface area (Å²) >= 11 is 0. The van der Waals surface area contributed by atoms with Gasteiger partial charge in [0.05, 0.1) is 0 Å². The molecule has 1 heterocycles. The summed E-state index contributed by atoms with van der Waals surface area (Å²) in [7, 11) is 0. The van der Waals surface area contributed by atoms with Crippen LogP contribution in [0.2, 0.25) is 0 Å². The molecule has 0 unspecified atom stereocenters. The first-order valence-electron chi connectivity index (χ1n) is 12.9. The lowest BCUT2D eigenvalue weighted by molar-refractivity contribution is 0.590. The Morgan fingerprint density at radius 2 is 1.47 bits per heavy atom. The number of aromatic nitrogens is 1. The number of nitrogens with zero attached hydrogens (tertiary/aromatic N) is 1. The summed E-state index contributed by atoms with van der Waals surface area (Å²) in [6.45, 7) is 11.2. The van der Waals surface area contributed by atoms with Gasteiger partial charge in [0.2, 0.25) is 5.89 Å². The number of rotatable bonds is 6. The summed E-state index contributed by atoms with van der Waals surface area (Å²) in [5, 5.41) is 0. The first-order valence-corrected chi connectivity index (χ1v) is 12.9. The maximum atomic E-state index is 5.98. The second-order valence-electron chi connectivity index (χ2n) is 11.0. The number of fused-ring (bicyclic) bond motifs is 1. The number of hydrogen-bond donors (Lipinski definition) is 0. The van der Waals surface area contributed by atoms with Gasteiger partial charge in [0.25, 0.3) is 0 Å². The van der Waals surface area contributed by atoms with E-state index in [2.05, 4.69) is 106 Å². The van der Waals surface area contributed by atoms with Crippen molar-refractivity contribution in [2.45, 2.75) is 58.8 Å². The highest BCUT2D eigenvalue weighted by molar-refractivity contribution is 5.76. The fraction of sp³-hybridized carbons (Fsp3) is 0.265. The smallest absolute Gasteiger partial charge is 0.227 e. The Morgan fingerprint density at radius 1 is 0.806 bits per heavy atom. The summed E-state index contributed by atoms with van der Waals surface area (Å²) in [5.74, 6) is 1.20. The Labute approximate surface area is 215 Å². The number of para-hydroxylation sites is 2. The van der Waals surface area contributed by atoms with E-state index in [-0.39, 0.29) is 5.41 Å². The molecule has 5 aromatic rings. The van der Waals surface area contributed by atoms with Crippen LogP contribution in [0.1, 0.15) is 62.3 Å². The van der Waals surface area contributed by atoms with Crippen LogP contribution in [0.3, 0.4) is 0 Å². The van der Waals surface area contributed by atoms with Crippen molar-refractivity contribution in [2.24, 2.45) is 0 Å². The van der Waals surface area contributed by atoms with Crippen molar-refractivity contribution in [1.82, 2.24) is 4.98 Å². The maximum absolute atomic E-state index is 5.98. The lowest BCUT2D eigenvalue weighted by atomic mass is 9.86. The summed E-state index contributed by atoms with van der Waals surface area (Å²) < 4.78 is 5.98. The minimum atomic E-state index is 0.182. The van der Waals surface area contributed by atoms with Crippen molar-refractivity contribution in [1.29, 1.82) is 0 Å². The molecule has 0 saturated heterocycles. The van der Waals surface area contributed by atoms with Gasteiger partial charge in [0.1, 0.15) is 5.52 Å². The molecule has 2 nitrogen and oxygen atoms in total. The van der Waals surface area contributed by atoms with Gasteiger partial charge in [-0.1, -0.05) is 100 Å². The highest BCUT2D eigenvalue weighted by atomic mass is 16.3. The van der Waals surface area contributed by atoms with Gasteiger partial charge in [-0.05, 0) is 82.7 Å². The van der Waals surface area contributed by atoms with E-state index in [0.29, 0.717) is 11.8 Å². The van der Waals surface area contributed by atoms with E-state index >= 15 is 0 Å². The molecular formula is C34H35NO. The molecule has 36 heavy (non-hydrogen) atoms. The predicted octanol–water partition coefficient (Wildman–Crippen LogP) is 9.50. The standard InChI is InChI=1S/C34H35NO/c1-23(26-13-15-27(16-14-26)28-17-19-29(20-18-28)34(3,4)5)10-11-25-12-21-30(24(2)22-25)33-35-31-8-6-7-9-32(31)36-33/h6-9,12-23H,10-11H2,1-5H3/t23-/m0/s1. The summed E-state index contributed by atoms with van der Waals surface area (Å²) in [5.41, 5.74) is 10.8. The molecule has 0 radical (unpaired) electrons. The summed E-state index contributed by atoms with van der Waals surface area (Å²) in [6.07, 6.45) is 2.16. The van der Waals surface area contributed by atoms with Crippen molar-refractivity contribution < 1.29 is 4.42 Å². The van der Waals surface area contributed by atoms with Crippen LogP contribution in [0, 0.1) is 6.92 Å². The zero-order chi connectivity index (χ0) is 25.3. The second kappa shape index (κ2) is 9.78. The third-order valence-electron chi connectivity index (χ3n) is 7.25. The molecule has 4 aromatic carbocycles. The molecule has 1 aromatic heterocycles. The van der Waals surface area contributed by atoms with Crippen LogP contribution in [0.4, 0.5) is 0 Å². The van der Waals surface area contributed by atoms with Gasteiger partial charge < -0.3 is 4.42 Å². The minimum absolute atomic E-state index is 0.182. The largest absolute Gasteiger partial charge is 0.436 e. The molecule has 1 atom stereocenters. The van der Waals surface area contributed by atoms with Crippen LogP contribution in [0.15, 0.2) is 95.4 Å². The van der Waals surface area contributed by atoms with Gasteiger partial charge in [0.15, 0.2) is 5.58 Å². The first kappa shape index (κ1) is 24.1. The molecule has 0 saturated carbocycles. The molecule has 0 spiro atoms. The maximum Gasteiger partial charge on any atom is 0.227 e. The van der Waals surface area contributed by atoms with Crippen molar-refractivity contribution in [3.8, 4) is 22.6 Å². The third kappa shape index (κ3) is 5.14. The monoisotopic (exact) mass is 473 g/mol. The van der Waals surface area contributed by atoms with Gasteiger partial charge in [-0.25, -0.2) is 4.98 Å². The molecule has 2 heteroatoms. The molecule has 0 aliphatic rings. The van der Waals surface area contributed by atoms with Gasteiger partial charge in [-0.15, -0.1) is 0 Å². The van der Waals surface area contributed by atoms with E-state index in [9.17, 15) is 0 Å². The molecule has 0 aliphatic carbocycles. The Balaban J connectivity index is 1.23. The van der Waals surface area contributed by atoms with Gasteiger partial charge >= 0.3 is 0 Å². The van der Waals surface area contributed by atoms with E-state index in [4.69, 9.17) is 4.42 Å². The normalized spacial score (nSPS) is 12.7. The van der Waals surface area contributed by atoms with Crippen LogP contribution in [-0.2, 0) is 11.8 Å². The molecule has 0 aliphatic heterocycles. The Bertz CT molecular complexity index is 1430. The van der Waals surface area contributed by atoms with Crippen LogP contribution in [0.25, 0.3) is 33.7 Å². The number of aryl methyl sites for hydroxylation is 2. The van der Waals surface area contributed by atoms with Crippen LogP contribution in [-0.4, -0.2) is 4.98 Å². The van der Waals surface area contributed by atoms with Crippen molar-refractivity contribution in [3.63, 3.8) is 0 Å². The lowest BCUT2D eigenvalue weighted by Gasteiger charge is -2.19. The topological polar surface area (TPSA) is 26.0 Å². The van der Waals surface area contributed by atoms with Gasteiger partial charge in [-0.3, -0.25) is 0 Å². The van der Waals surface area contributed by atoms with Crippen molar-refractivity contribution in [3.05, 3.63) is 113 Å². The average molecular weight is 474 g/mol. The first-order chi connectivity index (χ1) is 17.3. The Kier molecular flexibility index (Phi) is 6.53. The van der Waals surface area contributed by atoms with E-state index in [1.54, 1.807) is 0 Å². The summed E-state index contributed by atoms with van der Waals surface area (Å²) in [6, 6.07) is 32.7. The van der Waals surface area contributed by atoms with Crippen molar-refractivity contribution >= 4 is 11.1 Å². The van der Waals surface area contributed by atoms with Crippen LogP contribution >= 0.6 is 0 Å². The third-order valence-corrected chi connectivity index (χ3v) is 7.25. The lowest BCUT2D eigenvalue weighted by Crippen LogP contribution is -2.10. The molecular weight excluding hydrogens is 438 g/mol. The van der Waals surface area contributed by atoms with E-state index < -0.39 is 0 Å². The van der Waals surface area contributed by atoms with E-state index in [1.165, 1.54) is 33.4 Å². The number of benzene rings is 4. The fourth-order valence-corrected chi connectivity index (χ4v) is 4.83. The zero-order valence-electron chi connectivity index (χ0n) is 22.0. The Hall–Kier alpha value is -3.65. The predicted molar refractivity (Wildman–Crippen MR) is 151 cm³/mol. The van der Waals surface area contributed by atoms with E-state index in [0.717, 1.165) is 29.5 Å². The molecule has 0 bridgehead atoms. The Morgan fingerprint density at radius 3 is 2.11 bits per heavy atom. The van der Waals surface area contributed by atoms with Crippen molar-refractivity contribution in [2.75, 3.05) is 0 Å². The quantitative estimate of drug-likeness (QED) is 0.245. The van der Waals surface area contributed by atoms with Crippen LogP contribution < -0.4 is 0 Å². The second-order valence-corrected chi connectivity index (χ2v) is 11.0. The molecule has 5 rings (SSSR count). The van der Waals surface area contributed by atoms with Gasteiger partial charge in [-0.2, -0.15) is 0 Å². The average Bonchev–Trinajstić information content (AvgIpc) is 3.31. The molecule has 0 N–H and O–H groups in total. The minimum Gasteiger partial charge on any atom is -0.436 e. The number of oxazole rings is 1. The SMILES string of the molecule is Cc1cc(CC[C@H](C)c2ccc(-c3ccc(C(C)(C)C)cc3)cc2)ccc1-c1nc2ccccc2o1. The fourth-order valence-electron chi connectivity index (χ4n) is 4.83. The zero-order valence-corrected chi connectivity index (χ0v) is 22.0. The van der Waals surface area contributed by atoms with E-state index in [1.807, 2.05) is 24.3 Å². The number of hydrogen-bond acceptors (Lipinski definition) is 2. The molecule has 0 fully saturated rings. The highest BCUT2D eigenvalue weighted by Gasteiger charge is 2.14. The van der Waals surface area contributed by atoms with Gasteiger partial charge in [0, 0.05) is 5.56 Å². The van der Waals surface area contributed by atoms with Crippen LogP contribution in [0.5, 0.6) is 0 Å². The molecule has 182 valence electrons. The highest BCUT2D eigenvalue weighted by Crippen LogP contribution is 2.30. The molecule has 0 amide bonds.